The van der Waals surface area contributed by atoms with Gasteiger partial charge in [0, 0.05) is 6.07 Å². The molecule has 0 radical (unpaired) electrons. The van der Waals surface area contributed by atoms with Crippen LogP contribution in [0.5, 0.6) is 17.2 Å². The molecule has 32 heavy (non-hydrogen) atoms. The summed E-state index contributed by atoms with van der Waals surface area (Å²) in [5.41, 5.74) is 1.58. The molecule has 3 rings (SSSR count). The normalized spacial score (nSPS) is 10.4. The van der Waals surface area contributed by atoms with E-state index >= 15 is 0 Å². The average Bonchev–Trinajstić information content (AvgIpc) is 3.15. The van der Waals surface area contributed by atoms with Crippen LogP contribution >= 0.6 is 0 Å². The van der Waals surface area contributed by atoms with Gasteiger partial charge in [-0.1, -0.05) is 17.3 Å². The molecule has 2 amide bonds. The number of anilines is 2. The number of benzene rings is 2. The monoisotopic (exact) mass is 439 g/mol. The molecule has 0 saturated carbocycles. The number of nitrogens with zero attached hydrogens (tertiary/aromatic N) is 3. The molecule has 1 aromatic heterocycles. The fourth-order valence-electron chi connectivity index (χ4n) is 2.98. The predicted octanol–water partition coefficient (Wildman–Crippen LogP) is 2.89. The summed E-state index contributed by atoms with van der Waals surface area (Å²) >= 11 is 0. The van der Waals surface area contributed by atoms with Gasteiger partial charge in [-0.3, -0.25) is 9.59 Å². The van der Waals surface area contributed by atoms with Gasteiger partial charge in [0.05, 0.1) is 37.9 Å². The van der Waals surface area contributed by atoms with Gasteiger partial charge in [0.25, 0.3) is 5.91 Å². The molecule has 0 saturated heterocycles. The summed E-state index contributed by atoms with van der Waals surface area (Å²) in [7, 11) is 3.05. The van der Waals surface area contributed by atoms with E-state index in [0.29, 0.717) is 40.9 Å². The van der Waals surface area contributed by atoms with Crippen molar-refractivity contribution < 1.29 is 23.8 Å². The van der Waals surface area contributed by atoms with Crippen LogP contribution in [0.3, 0.4) is 0 Å². The molecule has 3 aromatic rings. The lowest BCUT2D eigenvalue weighted by Crippen LogP contribution is -2.21. The van der Waals surface area contributed by atoms with Gasteiger partial charge in [-0.15, -0.1) is 5.10 Å². The number of amides is 2. The van der Waals surface area contributed by atoms with Crippen LogP contribution in [0.4, 0.5) is 11.4 Å². The van der Waals surface area contributed by atoms with Crippen molar-refractivity contribution in [1.82, 2.24) is 15.0 Å². The molecule has 10 nitrogen and oxygen atoms in total. The molecule has 1 heterocycles. The number of nitrogens with one attached hydrogen (secondary N) is 2. The summed E-state index contributed by atoms with van der Waals surface area (Å²) < 4.78 is 17.3. The molecule has 0 aliphatic carbocycles. The van der Waals surface area contributed by atoms with Crippen LogP contribution in [0.15, 0.2) is 42.5 Å². The third kappa shape index (κ3) is 5.15. The van der Waals surface area contributed by atoms with E-state index in [2.05, 4.69) is 20.9 Å². The van der Waals surface area contributed by atoms with Crippen LogP contribution < -0.4 is 24.8 Å². The standard InChI is InChI=1S/C22H25N5O5/c1-5-32-18-9-7-6-8-16(18)24-22(29)21-14(2)27(26-25-21)13-20(28)23-17-11-10-15(30-3)12-19(17)31-4/h6-12H,5,13H2,1-4H3,(H,23,28)(H,24,29). The molecule has 0 aliphatic heterocycles. The van der Waals surface area contributed by atoms with E-state index < -0.39 is 5.91 Å². The molecule has 2 aromatic carbocycles. The van der Waals surface area contributed by atoms with E-state index in [4.69, 9.17) is 14.2 Å². The van der Waals surface area contributed by atoms with E-state index in [1.807, 2.05) is 13.0 Å². The quantitative estimate of drug-likeness (QED) is 0.526. The molecule has 10 heteroatoms. The molecule has 0 bridgehead atoms. The van der Waals surface area contributed by atoms with Crippen molar-refractivity contribution in [2.75, 3.05) is 31.5 Å². The van der Waals surface area contributed by atoms with Crippen molar-refractivity contribution >= 4 is 23.2 Å². The minimum atomic E-state index is -0.446. The molecule has 0 atom stereocenters. The third-order valence-corrected chi connectivity index (χ3v) is 4.61. The number of aromatic nitrogens is 3. The number of hydrogen-bond acceptors (Lipinski definition) is 7. The van der Waals surface area contributed by atoms with Crippen molar-refractivity contribution in [3.05, 3.63) is 53.9 Å². The van der Waals surface area contributed by atoms with Crippen molar-refractivity contribution in [2.24, 2.45) is 0 Å². The first kappa shape index (κ1) is 22.6. The molecule has 0 spiro atoms. The molecule has 168 valence electrons. The van der Waals surface area contributed by atoms with Crippen molar-refractivity contribution in [3.8, 4) is 17.2 Å². The van der Waals surface area contributed by atoms with Crippen LogP contribution in [0, 0.1) is 6.92 Å². The first-order valence-corrected chi connectivity index (χ1v) is 9.92. The SMILES string of the molecule is CCOc1ccccc1NC(=O)c1nnn(CC(=O)Nc2ccc(OC)cc2OC)c1C. The maximum atomic E-state index is 12.7. The van der Waals surface area contributed by atoms with Gasteiger partial charge >= 0.3 is 0 Å². The fraction of sp³-hybridized carbons (Fsp3) is 0.273. The highest BCUT2D eigenvalue weighted by Crippen LogP contribution is 2.29. The smallest absolute Gasteiger partial charge is 0.278 e. The highest BCUT2D eigenvalue weighted by atomic mass is 16.5. The first-order chi connectivity index (χ1) is 15.5. The topological polar surface area (TPSA) is 117 Å². The Morgan fingerprint density at radius 1 is 1.00 bits per heavy atom. The number of carbonyl (C=O) groups excluding carboxylic acids is 2. The van der Waals surface area contributed by atoms with Gasteiger partial charge in [-0.2, -0.15) is 0 Å². The zero-order chi connectivity index (χ0) is 23.1. The lowest BCUT2D eigenvalue weighted by Gasteiger charge is -2.12. The minimum absolute atomic E-state index is 0.117. The van der Waals surface area contributed by atoms with Crippen LogP contribution in [0.25, 0.3) is 0 Å². The van der Waals surface area contributed by atoms with Gasteiger partial charge in [0.1, 0.15) is 23.8 Å². The molecular weight excluding hydrogens is 414 g/mol. The Labute approximate surface area is 185 Å². The predicted molar refractivity (Wildman–Crippen MR) is 118 cm³/mol. The Balaban J connectivity index is 1.70. The lowest BCUT2D eigenvalue weighted by molar-refractivity contribution is -0.117. The number of ether oxygens (including phenoxy) is 3. The fourth-order valence-corrected chi connectivity index (χ4v) is 2.98. The number of rotatable bonds is 9. The second-order valence-electron chi connectivity index (χ2n) is 6.68. The minimum Gasteiger partial charge on any atom is -0.497 e. The Morgan fingerprint density at radius 3 is 2.47 bits per heavy atom. The summed E-state index contributed by atoms with van der Waals surface area (Å²) in [5, 5.41) is 13.4. The van der Waals surface area contributed by atoms with E-state index in [-0.39, 0.29) is 18.1 Å². The molecule has 0 aliphatic rings. The van der Waals surface area contributed by atoms with Crippen molar-refractivity contribution in [1.29, 1.82) is 0 Å². The molecular formula is C22H25N5O5. The second kappa shape index (κ2) is 10.3. The highest BCUT2D eigenvalue weighted by Gasteiger charge is 2.19. The van der Waals surface area contributed by atoms with Gasteiger partial charge in [-0.25, -0.2) is 4.68 Å². The number of methoxy groups -OCH3 is 2. The van der Waals surface area contributed by atoms with Gasteiger partial charge in [0.2, 0.25) is 5.91 Å². The summed E-state index contributed by atoms with van der Waals surface area (Å²) in [6.07, 6.45) is 0. The van der Waals surface area contributed by atoms with E-state index in [9.17, 15) is 9.59 Å². The first-order valence-electron chi connectivity index (χ1n) is 9.92. The lowest BCUT2D eigenvalue weighted by atomic mass is 10.2. The Hall–Kier alpha value is -4.08. The van der Waals surface area contributed by atoms with E-state index in [1.54, 1.807) is 50.4 Å². The average molecular weight is 439 g/mol. The number of para-hydroxylation sites is 2. The maximum absolute atomic E-state index is 12.7. The Morgan fingerprint density at radius 2 is 1.75 bits per heavy atom. The zero-order valence-corrected chi connectivity index (χ0v) is 18.3. The van der Waals surface area contributed by atoms with Crippen LogP contribution in [-0.2, 0) is 11.3 Å². The van der Waals surface area contributed by atoms with Crippen LogP contribution in [-0.4, -0.2) is 47.6 Å². The van der Waals surface area contributed by atoms with Crippen molar-refractivity contribution in [2.45, 2.75) is 20.4 Å². The van der Waals surface area contributed by atoms with E-state index in [1.165, 1.54) is 11.8 Å². The molecule has 0 unspecified atom stereocenters. The summed E-state index contributed by atoms with van der Waals surface area (Å²) in [6, 6.07) is 12.2. The summed E-state index contributed by atoms with van der Waals surface area (Å²) in [5.74, 6) is 0.823. The summed E-state index contributed by atoms with van der Waals surface area (Å²) in [6.45, 7) is 3.87. The van der Waals surface area contributed by atoms with Crippen LogP contribution in [0.1, 0.15) is 23.1 Å². The largest absolute Gasteiger partial charge is 0.497 e. The number of hydrogen-bond donors (Lipinski definition) is 2. The Bertz CT molecular complexity index is 1110. The second-order valence-corrected chi connectivity index (χ2v) is 6.68. The third-order valence-electron chi connectivity index (χ3n) is 4.61. The van der Waals surface area contributed by atoms with E-state index in [0.717, 1.165) is 0 Å². The molecule has 2 N–H and O–H groups in total. The zero-order valence-electron chi connectivity index (χ0n) is 18.3. The number of carbonyl (C=O) groups is 2. The van der Waals surface area contributed by atoms with Crippen LogP contribution in [0.2, 0.25) is 0 Å². The van der Waals surface area contributed by atoms with Gasteiger partial charge < -0.3 is 24.8 Å². The Kier molecular flexibility index (Phi) is 7.27. The molecule has 0 fully saturated rings. The summed E-state index contributed by atoms with van der Waals surface area (Å²) in [4.78, 5) is 25.3. The maximum Gasteiger partial charge on any atom is 0.278 e. The highest BCUT2D eigenvalue weighted by molar-refractivity contribution is 6.04. The van der Waals surface area contributed by atoms with Gasteiger partial charge in [-0.05, 0) is 38.1 Å². The van der Waals surface area contributed by atoms with Gasteiger partial charge in [0.15, 0.2) is 5.69 Å². The van der Waals surface area contributed by atoms with Crippen molar-refractivity contribution in [3.63, 3.8) is 0 Å².